The van der Waals surface area contributed by atoms with E-state index in [0.717, 1.165) is 11.8 Å². The van der Waals surface area contributed by atoms with Crippen LogP contribution in [0.15, 0.2) is 24.3 Å². The van der Waals surface area contributed by atoms with E-state index in [0.29, 0.717) is 0 Å². The molecule has 0 N–H and O–H groups in total. The Morgan fingerprint density at radius 2 is 1.00 bits per heavy atom. The topological polar surface area (TPSA) is 0 Å². The van der Waals surface area contributed by atoms with E-state index in [1.807, 2.05) is 0 Å². The van der Waals surface area contributed by atoms with Gasteiger partial charge in [-0.25, -0.2) is 0 Å². The molecule has 0 fully saturated rings. The van der Waals surface area contributed by atoms with Crippen LogP contribution in [-0.4, -0.2) is 0 Å². The number of hydrogen-bond acceptors (Lipinski definition) is 0. The van der Waals surface area contributed by atoms with Crippen LogP contribution in [0.1, 0.15) is 38.5 Å². The van der Waals surface area contributed by atoms with E-state index in [4.69, 9.17) is 0 Å². The van der Waals surface area contributed by atoms with E-state index in [2.05, 4.69) is 24.3 Å². The Morgan fingerprint density at radius 1 is 0.583 bits per heavy atom. The summed E-state index contributed by atoms with van der Waals surface area (Å²) in [6.45, 7) is 0. The summed E-state index contributed by atoms with van der Waals surface area (Å²) in [5.74, 6) is 1.53. The summed E-state index contributed by atoms with van der Waals surface area (Å²) in [5, 5.41) is 0. The maximum absolute atomic E-state index is 2.41. The summed E-state index contributed by atoms with van der Waals surface area (Å²) in [4.78, 5) is 0. The van der Waals surface area contributed by atoms with E-state index in [-0.39, 0.29) is 0 Å². The van der Waals surface area contributed by atoms with Gasteiger partial charge in [0.15, 0.2) is 0 Å². The van der Waals surface area contributed by atoms with Crippen molar-refractivity contribution >= 4 is 0 Å². The Morgan fingerprint density at radius 3 is 1.42 bits per heavy atom. The van der Waals surface area contributed by atoms with Crippen molar-refractivity contribution in [1.82, 2.24) is 0 Å². The number of fused-ring (bicyclic) bond motifs is 5. The summed E-state index contributed by atoms with van der Waals surface area (Å²) in [5.41, 5.74) is 0. The quantitative estimate of drug-likeness (QED) is 0.476. The molecular formula is C12H18. The van der Waals surface area contributed by atoms with Gasteiger partial charge in [0, 0.05) is 0 Å². The maximum atomic E-state index is 2.41. The van der Waals surface area contributed by atoms with Crippen LogP contribution in [-0.2, 0) is 0 Å². The second kappa shape index (κ2) is 3.93. The van der Waals surface area contributed by atoms with Crippen LogP contribution in [0.5, 0.6) is 0 Å². The van der Waals surface area contributed by atoms with Crippen molar-refractivity contribution in [3.63, 3.8) is 0 Å². The third kappa shape index (κ3) is 2.00. The van der Waals surface area contributed by atoms with E-state index >= 15 is 0 Å². The van der Waals surface area contributed by atoms with Crippen LogP contribution >= 0.6 is 0 Å². The molecule has 0 nitrogen and oxygen atoms in total. The van der Waals surface area contributed by atoms with Gasteiger partial charge < -0.3 is 0 Å². The monoisotopic (exact) mass is 162 g/mol. The first-order chi connectivity index (χ1) is 5.95. The molecule has 0 unspecified atom stereocenters. The van der Waals surface area contributed by atoms with Crippen LogP contribution in [0.4, 0.5) is 0 Å². The van der Waals surface area contributed by atoms with Crippen LogP contribution < -0.4 is 0 Å². The fourth-order valence-corrected chi connectivity index (χ4v) is 2.20. The first-order valence-corrected chi connectivity index (χ1v) is 5.32. The fourth-order valence-electron chi connectivity index (χ4n) is 2.20. The first-order valence-electron chi connectivity index (χ1n) is 5.32. The standard InChI is InChI=1S/C12H18/c1-2-4-6-12-9-7-11(5-3-1)8-10-12/h7-12H,1-6H2. The van der Waals surface area contributed by atoms with E-state index in [1.165, 1.54) is 38.5 Å². The van der Waals surface area contributed by atoms with Gasteiger partial charge in [0.1, 0.15) is 0 Å². The van der Waals surface area contributed by atoms with Crippen molar-refractivity contribution in [1.29, 1.82) is 0 Å². The van der Waals surface area contributed by atoms with Gasteiger partial charge in [-0.3, -0.25) is 0 Å². The van der Waals surface area contributed by atoms with Gasteiger partial charge in [-0.05, 0) is 24.7 Å². The second-order valence-corrected chi connectivity index (χ2v) is 4.09. The summed E-state index contributed by atoms with van der Waals surface area (Å²) < 4.78 is 0. The van der Waals surface area contributed by atoms with E-state index in [9.17, 15) is 0 Å². The molecule has 3 rings (SSSR count). The molecule has 0 saturated heterocycles. The zero-order valence-corrected chi connectivity index (χ0v) is 7.71. The highest BCUT2D eigenvalue weighted by Gasteiger charge is 2.10. The number of hydrogen-bond donors (Lipinski definition) is 0. The minimum atomic E-state index is 0.763. The van der Waals surface area contributed by atoms with Crippen molar-refractivity contribution in [3.05, 3.63) is 24.3 Å². The van der Waals surface area contributed by atoms with Crippen LogP contribution in [0, 0.1) is 11.8 Å². The van der Waals surface area contributed by atoms with Gasteiger partial charge in [-0.15, -0.1) is 0 Å². The van der Waals surface area contributed by atoms with Gasteiger partial charge in [-0.1, -0.05) is 50.0 Å². The second-order valence-electron chi connectivity index (χ2n) is 4.09. The van der Waals surface area contributed by atoms with Gasteiger partial charge in [0.2, 0.25) is 0 Å². The molecule has 12 heavy (non-hydrogen) atoms. The van der Waals surface area contributed by atoms with Gasteiger partial charge >= 0.3 is 0 Å². The zero-order chi connectivity index (χ0) is 8.23. The highest BCUT2D eigenvalue weighted by Crippen LogP contribution is 2.25. The zero-order valence-electron chi connectivity index (χ0n) is 7.71. The minimum Gasteiger partial charge on any atom is -0.0810 e. The summed E-state index contributed by atoms with van der Waals surface area (Å²) in [6, 6.07) is 0. The van der Waals surface area contributed by atoms with Gasteiger partial charge in [0.25, 0.3) is 0 Å². The molecule has 0 heterocycles. The highest BCUT2D eigenvalue weighted by molar-refractivity contribution is 5.13. The van der Waals surface area contributed by atoms with Crippen LogP contribution in [0.25, 0.3) is 0 Å². The molecule has 0 saturated carbocycles. The number of rotatable bonds is 0. The van der Waals surface area contributed by atoms with Gasteiger partial charge in [-0.2, -0.15) is 0 Å². The SMILES string of the molecule is C1=CC2C=CC1CCCCCC2. The third-order valence-corrected chi connectivity index (χ3v) is 3.04. The lowest BCUT2D eigenvalue weighted by molar-refractivity contribution is 0.518. The molecule has 0 atom stereocenters. The Bertz CT molecular complexity index is 154. The molecule has 2 bridgehead atoms. The summed E-state index contributed by atoms with van der Waals surface area (Å²) in [7, 11) is 0. The molecule has 0 radical (unpaired) electrons. The molecule has 0 heteroatoms. The highest BCUT2D eigenvalue weighted by atomic mass is 14.2. The van der Waals surface area contributed by atoms with Crippen molar-refractivity contribution in [2.45, 2.75) is 38.5 Å². The Balaban J connectivity index is 2.01. The van der Waals surface area contributed by atoms with E-state index < -0.39 is 0 Å². The average molecular weight is 162 g/mol. The van der Waals surface area contributed by atoms with Crippen LogP contribution in [0.3, 0.4) is 0 Å². The fraction of sp³-hybridized carbons (Fsp3) is 0.667. The molecule has 0 aromatic rings. The molecule has 0 aromatic carbocycles. The smallest absolute Gasteiger partial charge is 0.00531 e. The first kappa shape index (κ1) is 8.10. The minimum absolute atomic E-state index is 0.763. The van der Waals surface area contributed by atoms with E-state index in [1.54, 1.807) is 0 Å². The lowest BCUT2D eigenvalue weighted by Crippen LogP contribution is -2.04. The summed E-state index contributed by atoms with van der Waals surface area (Å²) in [6.07, 6.45) is 18.1. The lowest BCUT2D eigenvalue weighted by Gasteiger charge is -2.18. The predicted octanol–water partition coefficient (Wildman–Crippen LogP) is 3.70. The third-order valence-electron chi connectivity index (χ3n) is 3.04. The molecule has 0 aliphatic heterocycles. The van der Waals surface area contributed by atoms with Crippen molar-refractivity contribution in [2.24, 2.45) is 11.8 Å². The van der Waals surface area contributed by atoms with Crippen molar-refractivity contribution < 1.29 is 0 Å². The van der Waals surface area contributed by atoms with Crippen molar-refractivity contribution in [2.75, 3.05) is 0 Å². The Labute approximate surface area is 75.4 Å². The largest absolute Gasteiger partial charge is 0.0810 e. The number of allylic oxidation sites excluding steroid dienone is 4. The van der Waals surface area contributed by atoms with Crippen LogP contribution in [0.2, 0.25) is 0 Å². The molecule has 66 valence electrons. The average Bonchev–Trinajstić information content (AvgIpc) is 2.16. The molecule has 3 aliphatic carbocycles. The predicted molar refractivity (Wildman–Crippen MR) is 53.0 cm³/mol. The molecule has 3 aliphatic rings. The molecule has 0 spiro atoms. The normalized spacial score (nSPS) is 35.3. The summed E-state index contributed by atoms with van der Waals surface area (Å²) >= 11 is 0. The van der Waals surface area contributed by atoms with Crippen molar-refractivity contribution in [3.8, 4) is 0 Å². The molecule has 0 aromatic heterocycles. The maximum Gasteiger partial charge on any atom is -0.00531 e. The Hall–Kier alpha value is -0.520. The molecular weight excluding hydrogens is 144 g/mol. The molecule has 0 amide bonds. The lowest BCUT2D eigenvalue weighted by atomic mass is 9.87. The van der Waals surface area contributed by atoms with Gasteiger partial charge in [0.05, 0.1) is 0 Å². The Kier molecular flexibility index (Phi) is 2.65.